The van der Waals surface area contributed by atoms with E-state index in [1.54, 1.807) is 13.2 Å². The zero-order valence-electron chi connectivity index (χ0n) is 10.4. The highest BCUT2D eigenvalue weighted by atomic mass is 16.3. The number of hydrogen-bond donors (Lipinski definition) is 1. The lowest BCUT2D eigenvalue weighted by Crippen LogP contribution is -2.04. The van der Waals surface area contributed by atoms with Gasteiger partial charge in [-0.1, -0.05) is 12.1 Å². The van der Waals surface area contributed by atoms with E-state index >= 15 is 0 Å². The van der Waals surface area contributed by atoms with E-state index in [1.807, 2.05) is 30.3 Å². The van der Waals surface area contributed by atoms with E-state index in [0.29, 0.717) is 12.2 Å². The van der Waals surface area contributed by atoms with Crippen molar-refractivity contribution in [2.75, 3.05) is 0 Å². The normalized spacial score (nSPS) is 12.7. The lowest BCUT2D eigenvalue weighted by atomic mass is 10.0. The van der Waals surface area contributed by atoms with Gasteiger partial charge in [-0.25, -0.2) is 0 Å². The third-order valence-electron chi connectivity index (χ3n) is 2.94. The van der Waals surface area contributed by atoms with Gasteiger partial charge in [0.15, 0.2) is 5.82 Å². The van der Waals surface area contributed by atoms with E-state index in [1.165, 1.54) is 4.80 Å². The predicted octanol–water partition coefficient (Wildman–Crippen LogP) is 1.03. The highest BCUT2D eigenvalue weighted by Crippen LogP contribution is 2.20. The average molecular weight is 255 g/mol. The summed E-state index contributed by atoms with van der Waals surface area (Å²) in [6, 6.07) is 9.56. The molecular weight excluding hydrogens is 242 g/mol. The average Bonchev–Trinajstić information content (AvgIpc) is 2.83. The molecule has 3 aromatic rings. The Hall–Kier alpha value is -2.34. The van der Waals surface area contributed by atoms with Crippen LogP contribution < -0.4 is 0 Å². The number of aliphatic hydroxyl groups excluding tert-OH is 1. The fourth-order valence-electron chi connectivity index (χ4n) is 2.00. The van der Waals surface area contributed by atoms with Crippen molar-refractivity contribution in [1.82, 2.24) is 25.2 Å². The number of benzene rings is 1. The van der Waals surface area contributed by atoms with Gasteiger partial charge in [0.2, 0.25) is 0 Å². The quantitative estimate of drug-likeness (QED) is 0.756. The van der Waals surface area contributed by atoms with Crippen LogP contribution in [0, 0.1) is 0 Å². The van der Waals surface area contributed by atoms with Crippen molar-refractivity contribution in [3.05, 3.63) is 47.9 Å². The molecule has 0 aliphatic carbocycles. The third kappa shape index (κ3) is 2.43. The molecule has 0 fully saturated rings. The molecule has 0 amide bonds. The first-order chi connectivity index (χ1) is 9.22. The second kappa shape index (κ2) is 4.74. The van der Waals surface area contributed by atoms with Gasteiger partial charge in [0.1, 0.15) is 0 Å². The lowest BCUT2D eigenvalue weighted by Gasteiger charge is -2.09. The molecular formula is C13H13N5O. The summed E-state index contributed by atoms with van der Waals surface area (Å²) < 4.78 is 0. The molecule has 3 rings (SSSR count). The monoisotopic (exact) mass is 255 g/mol. The third-order valence-corrected chi connectivity index (χ3v) is 2.94. The Morgan fingerprint density at radius 2 is 2.21 bits per heavy atom. The van der Waals surface area contributed by atoms with Gasteiger partial charge in [0, 0.05) is 18.0 Å². The number of aromatic nitrogens is 5. The summed E-state index contributed by atoms with van der Waals surface area (Å²) in [4.78, 5) is 5.63. The number of tetrazole rings is 1. The zero-order chi connectivity index (χ0) is 13.2. The molecule has 0 radical (unpaired) electrons. The van der Waals surface area contributed by atoms with Gasteiger partial charge in [-0.15, -0.1) is 10.2 Å². The maximum Gasteiger partial charge on any atom is 0.177 e. The molecule has 0 saturated carbocycles. The van der Waals surface area contributed by atoms with E-state index in [9.17, 15) is 5.11 Å². The molecule has 0 aliphatic rings. The molecule has 0 spiro atoms. The van der Waals surface area contributed by atoms with Crippen LogP contribution in [0.2, 0.25) is 0 Å². The summed E-state index contributed by atoms with van der Waals surface area (Å²) in [5.74, 6) is 0.529. The molecule has 2 aromatic heterocycles. The highest BCUT2D eigenvalue weighted by molar-refractivity contribution is 5.79. The molecule has 1 atom stereocenters. The van der Waals surface area contributed by atoms with Crippen molar-refractivity contribution in [3.63, 3.8) is 0 Å². The number of pyridine rings is 1. The van der Waals surface area contributed by atoms with E-state index in [0.717, 1.165) is 16.5 Å². The summed E-state index contributed by atoms with van der Waals surface area (Å²) in [6.07, 6.45) is 1.45. The summed E-state index contributed by atoms with van der Waals surface area (Å²) in [5, 5.41) is 22.9. The molecule has 1 N–H and O–H groups in total. The van der Waals surface area contributed by atoms with Crippen molar-refractivity contribution in [2.45, 2.75) is 12.5 Å². The Morgan fingerprint density at radius 1 is 1.32 bits per heavy atom. The van der Waals surface area contributed by atoms with Crippen molar-refractivity contribution in [2.24, 2.45) is 7.05 Å². The van der Waals surface area contributed by atoms with Crippen LogP contribution in [0.1, 0.15) is 17.5 Å². The molecule has 0 saturated heterocycles. The van der Waals surface area contributed by atoms with Crippen molar-refractivity contribution in [3.8, 4) is 0 Å². The van der Waals surface area contributed by atoms with E-state index < -0.39 is 6.10 Å². The molecule has 2 heterocycles. The Kier molecular flexibility index (Phi) is 2.92. The van der Waals surface area contributed by atoms with Gasteiger partial charge in [0.05, 0.1) is 18.7 Å². The van der Waals surface area contributed by atoms with E-state index in [2.05, 4.69) is 20.4 Å². The predicted molar refractivity (Wildman–Crippen MR) is 69.2 cm³/mol. The van der Waals surface area contributed by atoms with Crippen LogP contribution in [0.5, 0.6) is 0 Å². The van der Waals surface area contributed by atoms with E-state index in [-0.39, 0.29) is 0 Å². The SMILES string of the molecule is Cn1nnc(CC(O)c2ccc3ncccc3c2)n1. The number of hydrogen-bond acceptors (Lipinski definition) is 5. The van der Waals surface area contributed by atoms with Crippen LogP contribution in [0.3, 0.4) is 0 Å². The van der Waals surface area contributed by atoms with Crippen LogP contribution in [0.4, 0.5) is 0 Å². The van der Waals surface area contributed by atoms with Crippen LogP contribution in [-0.4, -0.2) is 30.3 Å². The maximum atomic E-state index is 10.2. The van der Waals surface area contributed by atoms with Crippen LogP contribution in [0.25, 0.3) is 10.9 Å². The summed E-state index contributed by atoms with van der Waals surface area (Å²) >= 11 is 0. The molecule has 0 bridgehead atoms. The van der Waals surface area contributed by atoms with Crippen molar-refractivity contribution < 1.29 is 5.11 Å². The Balaban J connectivity index is 1.86. The number of rotatable bonds is 3. The van der Waals surface area contributed by atoms with Gasteiger partial charge in [-0.3, -0.25) is 4.98 Å². The molecule has 0 aliphatic heterocycles. The van der Waals surface area contributed by atoms with Gasteiger partial charge in [0.25, 0.3) is 0 Å². The Labute approximate surface area is 109 Å². The molecule has 6 heteroatoms. The Morgan fingerprint density at radius 3 is 3.00 bits per heavy atom. The number of fused-ring (bicyclic) bond motifs is 1. The summed E-state index contributed by atoms with van der Waals surface area (Å²) in [6.45, 7) is 0. The molecule has 6 nitrogen and oxygen atoms in total. The zero-order valence-corrected chi connectivity index (χ0v) is 10.4. The standard InChI is InChI=1S/C13H13N5O/c1-18-16-13(15-17-18)8-12(19)10-4-5-11-9(7-10)3-2-6-14-11/h2-7,12,19H,8H2,1H3. The highest BCUT2D eigenvalue weighted by Gasteiger charge is 2.12. The first kappa shape index (κ1) is 11.7. The fourth-order valence-corrected chi connectivity index (χ4v) is 2.00. The minimum atomic E-state index is -0.645. The van der Waals surface area contributed by atoms with E-state index in [4.69, 9.17) is 0 Å². The van der Waals surface area contributed by atoms with Gasteiger partial charge < -0.3 is 5.11 Å². The number of nitrogens with zero attached hydrogens (tertiary/aromatic N) is 5. The van der Waals surface area contributed by atoms with Crippen LogP contribution in [-0.2, 0) is 13.5 Å². The van der Waals surface area contributed by atoms with Crippen LogP contribution in [0.15, 0.2) is 36.5 Å². The summed E-state index contributed by atoms with van der Waals surface area (Å²) in [5.41, 5.74) is 1.74. The summed E-state index contributed by atoms with van der Waals surface area (Å²) in [7, 11) is 1.70. The Bertz CT molecular complexity index is 709. The molecule has 19 heavy (non-hydrogen) atoms. The maximum absolute atomic E-state index is 10.2. The van der Waals surface area contributed by atoms with Crippen LogP contribution >= 0.6 is 0 Å². The topological polar surface area (TPSA) is 76.7 Å². The number of aliphatic hydroxyl groups is 1. The van der Waals surface area contributed by atoms with Gasteiger partial charge in [-0.2, -0.15) is 4.80 Å². The minimum Gasteiger partial charge on any atom is -0.388 e. The van der Waals surface area contributed by atoms with Crippen molar-refractivity contribution in [1.29, 1.82) is 0 Å². The van der Waals surface area contributed by atoms with Gasteiger partial charge in [-0.05, 0) is 29.0 Å². The first-order valence-corrected chi connectivity index (χ1v) is 5.98. The number of aryl methyl sites for hydroxylation is 1. The van der Waals surface area contributed by atoms with Crippen molar-refractivity contribution >= 4 is 10.9 Å². The lowest BCUT2D eigenvalue weighted by molar-refractivity contribution is 0.176. The van der Waals surface area contributed by atoms with Gasteiger partial charge >= 0.3 is 0 Å². The minimum absolute atomic E-state index is 0.347. The fraction of sp³-hybridized carbons (Fsp3) is 0.231. The molecule has 1 aromatic carbocycles. The largest absolute Gasteiger partial charge is 0.388 e. The molecule has 1 unspecified atom stereocenters. The first-order valence-electron chi connectivity index (χ1n) is 5.98. The second-order valence-corrected chi connectivity index (χ2v) is 4.37. The molecule has 96 valence electrons. The smallest absolute Gasteiger partial charge is 0.177 e. The second-order valence-electron chi connectivity index (χ2n) is 4.37.